The molecule has 1 atom stereocenters. The lowest BCUT2D eigenvalue weighted by Crippen LogP contribution is -2.28. The van der Waals surface area contributed by atoms with Gasteiger partial charge >= 0.3 is 0 Å². The molecule has 2 aromatic rings. The van der Waals surface area contributed by atoms with Crippen LogP contribution in [0.5, 0.6) is 5.75 Å². The Kier molecular flexibility index (Phi) is 4.63. The summed E-state index contributed by atoms with van der Waals surface area (Å²) in [6.07, 6.45) is 0.830. The van der Waals surface area contributed by atoms with Crippen LogP contribution in [0.15, 0.2) is 35.7 Å². The third kappa shape index (κ3) is 2.93. The predicted octanol–water partition coefficient (Wildman–Crippen LogP) is 3.22. The number of ether oxygens (including phenoxy) is 1. The van der Waals surface area contributed by atoms with E-state index in [1.54, 1.807) is 29.5 Å². The van der Waals surface area contributed by atoms with Crippen LogP contribution < -0.4 is 15.8 Å². The standard InChI is InChI=1S/C15H18N2O2S/c1-3-12(13-8-5-9-20-13)17-15(18)10-6-4-7-11(16)14(10)19-2/h4-9,12H,3,16H2,1-2H3,(H,17,18). The highest BCUT2D eigenvalue weighted by Gasteiger charge is 2.18. The summed E-state index contributed by atoms with van der Waals surface area (Å²) in [5, 5.41) is 5.03. The lowest BCUT2D eigenvalue weighted by atomic mass is 10.1. The van der Waals surface area contributed by atoms with Crippen LogP contribution in [-0.4, -0.2) is 13.0 Å². The van der Waals surface area contributed by atoms with E-state index in [0.717, 1.165) is 11.3 Å². The summed E-state index contributed by atoms with van der Waals surface area (Å²) >= 11 is 1.64. The molecule has 0 radical (unpaired) electrons. The number of hydrogen-bond donors (Lipinski definition) is 2. The van der Waals surface area contributed by atoms with Gasteiger partial charge in [-0.1, -0.05) is 19.1 Å². The zero-order valence-electron chi connectivity index (χ0n) is 11.6. The summed E-state index contributed by atoms with van der Waals surface area (Å²) in [4.78, 5) is 13.5. The van der Waals surface area contributed by atoms with Gasteiger partial charge in [-0.2, -0.15) is 0 Å². The van der Waals surface area contributed by atoms with E-state index >= 15 is 0 Å². The van der Waals surface area contributed by atoms with Crippen LogP contribution in [-0.2, 0) is 0 Å². The van der Waals surface area contributed by atoms with Crippen LogP contribution in [0.4, 0.5) is 5.69 Å². The Morgan fingerprint density at radius 3 is 2.80 bits per heavy atom. The second-order valence-electron chi connectivity index (χ2n) is 4.38. The fourth-order valence-electron chi connectivity index (χ4n) is 2.06. The smallest absolute Gasteiger partial charge is 0.255 e. The third-order valence-corrected chi connectivity index (χ3v) is 4.08. The maximum absolute atomic E-state index is 12.4. The Hall–Kier alpha value is -2.01. The molecular formula is C15H18N2O2S. The van der Waals surface area contributed by atoms with Crippen LogP contribution >= 0.6 is 11.3 Å². The Bertz CT molecular complexity index is 582. The quantitative estimate of drug-likeness (QED) is 0.831. The number of nitrogens with one attached hydrogen (secondary N) is 1. The van der Waals surface area contributed by atoms with Gasteiger partial charge in [0.15, 0.2) is 5.75 Å². The van der Waals surface area contributed by atoms with E-state index in [1.807, 2.05) is 24.4 Å². The SMILES string of the molecule is CCC(NC(=O)c1cccc(N)c1OC)c1cccs1. The molecule has 4 nitrogen and oxygen atoms in total. The Balaban J connectivity index is 2.22. The monoisotopic (exact) mass is 290 g/mol. The summed E-state index contributed by atoms with van der Waals surface area (Å²) in [5.41, 5.74) is 6.75. The van der Waals surface area contributed by atoms with Gasteiger partial charge in [0.2, 0.25) is 0 Å². The van der Waals surface area contributed by atoms with E-state index in [2.05, 4.69) is 5.32 Å². The molecule has 1 aromatic heterocycles. The molecule has 0 aliphatic carbocycles. The van der Waals surface area contributed by atoms with Crippen LogP contribution in [0.3, 0.4) is 0 Å². The topological polar surface area (TPSA) is 64.4 Å². The maximum atomic E-state index is 12.4. The van der Waals surface area contributed by atoms with Gasteiger partial charge in [0.05, 0.1) is 24.4 Å². The summed E-state index contributed by atoms with van der Waals surface area (Å²) < 4.78 is 5.22. The number of amides is 1. The number of para-hydroxylation sites is 1. The highest BCUT2D eigenvalue weighted by molar-refractivity contribution is 7.10. The molecule has 1 aromatic carbocycles. The van der Waals surface area contributed by atoms with Gasteiger partial charge in [-0.25, -0.2) is 0 Å². The lowest BCUT2D eigenvalue weighted by Gasteiger charge is -2.17. The second kappa shape index (κ2) is 6.43. The number of methoxy groups -OCH3 is 1. The largest absolute Gasteiger partial charge is 0.494 e. The van der Waals surface area contributed by atoms with Crippen LogP contribution in [0.25, 0.3) is 0 Å². The number of benzene rings is 1. The average molecular weight is 290 g/mol. The van der Waals surface area contributed by atoms with Crippen LogP contribution in [0.1, 0.15) is 34.6 Å². The molecule has 3 N–H and O–H groups in total. The molecule has 20 heavy (non-hydrogen) atoms. The minimum atomic E-state index is -0.172. The van der Waals surface area contributed by atoms with E-state index < -0.39 is 0 Å². The number of carbonyl (C=O) groups is 1. The molecule has 1 unspecified atom stereocenters. The number of hydrogen-bond acceptors (Lipinski definition) is 4. The third-order valence-electron chi connectivity index (χ3n) is 3.09. The maximum Gasteiger partial charge on any atom is 0.255 e. The number of rotatable bonds is 5. The van der Waals surface area contributed by atoms with E-state index in [9.17, 15) is 4.79 Å². The normalized spacial score (nSPS) is 11.9. The molecule has 1 amide bonds. The Morgan fingerprint density at radius 1 is 1.40 bits per heavy atom. The van der Waals surface area contributed by atoms with Crippen molar-refractivity contribution in [3.8, 4) is 5.75 Å². The molecule has 0 spiro atoms. The van der Waals surface area contributed by atoms with Gasteiger partial charge in [-0.05, 0) is 30.0 Å². The first-order valence-electron chi connectivity index (χ1n) is 6.44. The predicted molar refractivity (Wildman–Crippen MR) is 82.2 cm³/mol. The summed E-state index contributed by atoms with van der Waals surface area (Å²) in [5.74, 6) is 0.250. The van der Waals surface area contributed by atoms with E-state index in [0.29, 0.717) is 17.0 Å². The van der Waals surface area contributed by atoms with Crippen molar-refractivity contribution in [2.75, 3.05) is 12.8 Å². The molecule has 106 valence electrons. The first-order valence-corrected chi connectivity index (χ1v) is 7.32. The van der Waals surface area contributed by atoms with Gasteiger partial charge in [0, 0.05) is 4.88 Å². The number of thiophene rings is 1. The fourth-order valence-corrected chi connectivity index (χ4v) is 2.92. The van der Waals surface area contributed by atoms with Crippen molar-refractivity contribution in [2.24, 2.45) is 0 Å². The molecule has 0 aliphatic heterocycles. The number of nitrogen functional groups attached to an aromatic ring is 1. The molecule has 0 saturated carbocycles. The van der Waals surface area contributed by atoms with Crippen molar-refractivity contribution in [3.63, 3.8) is 0 Å². The van der Waals surface area contributed by atoms with Crippen molar-refractivity contribution in [2.45, 2.75) is 19.4 Å². The molecule has 5 heteroatoms. The van der Waals surface area contributed by atoms with E-state index in [1.165, 1.54) is 7.11 Å². The zero-order valence-corrected chi connectivity index (χ0v) is 12.4. The molecule has 2 rings (SSSR count). The summed E-state index contributed by atoms with van der Waals surface area (Å²) in [7, 11) is 1.51. The number of anilines is 1. The lowest BCUT2D eigenvalue weighted by molar-refractivity contribution is 0.0933. The van der Waals surface area contributed by atoms with E-state index in [4.69, 9.17) is 10.5 Å². The van der Waals surface area contributed by atoms with Crippen molar-refractivity contribution < 1.29 is 9.53 Å². The fraction of sp³-hybridized carbons (Fsp3) is 0.267. The van der Waals surface area contributed by atoms with Crippen LogP contribution in [0.2, 0.25) is 0 Å². The Morgan fingerprint density at radius 2 is 2.20 bits per heavy atom. The summed E-state index contributed by atoms with van der Waals surface area (Å²) in [6.45, 7) is 2.04. The first kappa shape index (κ1) is 14.4. The Labute approximate surface area is 122 Å². The second-order valence-corrected chi connectivity index (χ2v) is 5.36. The molecule has 0 saturated heterocycles. The van der Waals surface area contributed by atoms with Crippen molar-refractivity contribution >= 4 is 22.9 Å². The number of nitrogens with two attached hydrogens (primary N) is 1. The van der Waals surface area contributed by atoms with Gasteiger partial charge in [0.25, 0.3) is 5.91 Å². The highest BCUT2D eigenvalue weighted by atomic mass is 32.1. The van der Waals surface area contributed by atoms with Crippen LogP contribution in [0, 0.1) is 0 Å². The van der Waals surface area contributed by atoms with Gasteiger partial charge in [-0.3, -0.25) is 4.79 Å². The molecule has 0 bridgehead atoms. The van der Waals surface area contributed by atoms with Crippen molar-refractivity contribution in [1.82, 2.24) is 5.32 Å². The first-order chi connectivity index (χ1) is 9.67. The van der Waals surface area contributed by atoms with Gasteiger partial charge in [-0.15, -0.1) is 11.3 Å². The van der Waals surface area contributed by atoms with Crippen molar-refractivity contribution in [3.05, 3.63) is 46.2 Å². The van der Waals surface area contributed by atoms with Crippen molar-refractivity contribution in [1.29, 1.82) is 0 Å². The molecule has 0 fully saturated rings. The minimum absolute atomic E-state index is 0.00800. The minimum Gasteiger partial charge on any atom is -0.494 e. The molecule has 0 aliphatic rings. The van der Waals surface area contributed by atoms with E-state index in [-0.39, 0.29) is 11.9 Å². The summed E-state index contributed by atoms with van der Waals surface area (Å²) in [6, 6.07) is 9.19. The van der Waals surface area contributed by atoms with Gasteiger partial charge in [0.1, 0.15) is 0 Å². The zero-order chi connectivity index (χ0) is 14.5. The molecular weight excluding hydrogens is 272 g/mol. The highest BCUT2D eigenvalue weighted by Crippen LogP contribution is 2.27. The van der Waals surface area contributed by atoms with Gasteiger partial charge < -0.3 is 15.8 Å². The average Bonchev–Trinajstić information content (AvgIpc) is 2.98. The molecule has 1 heterocycles. The number of carbonyl (C=O) groups excluding carboxylic acids is 1.